The van der Waals surface area contributed by atoms with Crippen molar-refractivity contribution < 1.29 is 22.7 Å². The van der Waals surface area contributed by atoms with Crippen LogP contribution >= 0.6 is 0 Å². The van der Waals surface area contributed by atoms with Gasteiger partial charge in [-0.3, -0.25) is 4.79 Å². The maximum absolute atomic E-state index is 13.2. The number of amides is 1. The summed E-state index contributed by atoms with van der Waals surface area (Å²) in [5, 5.41) is 3.09. The Kier molecular flexibility index (Phi) is 7.59. The highest BCUT2D eigenvalue weighted by atomic mass is 32.2. The molecule has 0 radical (unpaired) electrons. The molecule has 0 spiro atoms. The van der Waals surface area contributed by atoms with Gasteiger partial charge in [0.25, 0.3) is 5.91 Å². The number of carbonyl (C=O) groups is 1. The third kappa shape index (κ3) is 5.88. The van der Waals surface area contributed by atoms with Crippen LogP contribution in [0.3, 0.4) is 0 Å². The van der Waals surface area contributed by atoms with Crippen LogP contribution in [0.15, 0.2) is 53.4 Å². The summed E-state index contributed by atoms with van der Waals surface area (Å²) in [6.45, 7) is 7.58. The molecule has 1 amide bonds. The molecule has 1 aliphatic heterocycles. The first-order chi connectivity index (χ1) is 15.1. The van der Waals surface area contributed by atoms with E-state index in [0.717, 1.165) is 12.0 Å². The topological polar surface area (TPSA) is 84.9 Å². The van der Waals surface area contributed by atoms with Crippen LogP contribution in [0.1, 0.15) is 49.2 Å². The van der Waals surface area contributed by atoms with Crippen molar-refractivity contribution in [2.45, 2.75) is 38.1 Å². The van der Waals surface area contributed by atoms with Crippen molar-refractivity contribution in [3.8, 4) is 5.75 Å². The molecule has 0 bridgehead atoms. The van der Waals surface area contributed by atoms with Gasteiger partial charge in [0.05, 0.1) is 26.4 Å². The molecule has 1 N–H and O–H groups in total. The van der Waals surface area contributed by atoms with Crippen molar-refractivity contribution in [1.82, 2.24) is 9.62 Å². The van der Waals surface area contributed by atoms with Crippen LogP contribution < -0.4 is 10.1 Å². The lowest BCUT2D eigenvalue weighted by Gasteiger charge is -2.28. The van der Waals surface area contributed by atoms with E-state index in [9.17, 15) is 13.2 Å². The Morgan fingerprint density at radius 1 is 1.12 bits per heavy atom. The lowest BCUT2D eigenvalue weighted by Crippen LogP contribution is -2.40. The van der Waals surface area contributed by atoms with E-state index < -0.39 is 10.0 Å². The molecule has 1 atom stereocenters. The van der Waals surface area contributed by atoms with E-state index in [1.54, 1.807) is 6.07 Å². The molecule has 1 heterocycles. The summed E-state index contributed by atoms with van der Waals surface area (Å²) >= 11 is 0. The fourth-order valence-electron chi connectivity index (χ4n) is 3.74. The van der Waals surface area contributed by atoms with Crippen LogP contribution in [0.4, 0.5) is 0 Å². The summed E-state index contributed by atoms with van der Waals surface area (Å²) in [6, 6.07) is 14.1. The summed E-state index contributed by atoms with van der Waals surface area (Å²) in [5.41, 5.74) is 1.26. The Morgan fingerprint density at radius 3 is 2.38 bits per heavy atom. The third-order valence-electron chi connectivity index (χ3n) is 5.34. The van der Waals surface area contributed by atoms with Crippen molar-refractivity contribution in [2.24, 2.45) is 5.41 Å². The number of rotatable bonds is 7. The van der Waals surface area contributed by atoms with E-state index in [2.05, 4.69) is 26.1 Å². The van der Waals surface area contributed by atoms with E-state index in [1.807, 2.05) is 30.3 Å². The number of methoxy groups -OCH3 is 1. The van der Waals surface area contributed by atoms with Gasteiger partial charge in [-0.05, 0) is 35.6 Å². The monoisotopic (exact) mass is 460 g/mol. The van der Waals surface area contributed by atoms with Crippen molar-refractivity contribution in [3.63, 3.8) is 0 Å². The Morgan fingerprint density at radius 2 is 1.78 bits per heavy atom. The zero-order valence-electron chi connectivity index (χ0n) is 19.1. The Hall–Kier alpha value is -2.42. The van der Waals surface area contributed by atoms with Crippen molar-refractivity contribution in [2.75, 3.05) is 33.4 Å². The Labute approximate surface area is 190 Å². The Balaban J connectivity index is 1.91. The minimum atomic E-state index is -3.82. The molecule has 1 aliphatic rings. The van der Waals surface area contributed by atoms with Gasteiger partial charge in [-0.2, -0.15) is 4.31 Å². The first kappa shape index (κ1) is 24.2. The normalized spacial score (nSPS) is 16.4. The molecule has 7 nitrogen and oxygen atoms in total. The molecule has 1 unspecified atom stereocenters. The molecule has 3 rings (SSSR count). The maximum Gasteiger partial charge on any atom is 0.251 e. The minimum Gasteiger partial charge on any atom is -0.495 e. The predicted molar refractivity (Wildman–Crippen MR) is 123 cm³/mol. The summed E-state index contributed by atoms with van der Waals surface area (Å²) in [4.78, 5) is 13.2. The van der Waals surface area contributed by atoms with Gasteiger partial charge >= 0.3 is 0 Å². The standard InChI is InChI=1S/C24H32N2O5S/c1-24(2,3)17-20(18-8-6-5-7-9-18)25-23(27)19-10-11-21(30-4)22(16-19)32(28,29)26-12-14-31-15-13-26/h5-11,16,20H,12-15,17H2,1-4H3,(H,25,27). The smallest absolute Gasteiger partial charge is 0.251 e. The summed E-state index contributed by atoms with van der Waals surface area (Å²) < 4.78 is 38.4. The summed E-state index contributed by atoms with van der Waals surface area (Å²) in [7, 11) is -2.40. The van der Waals surface area contributed by atoms with Gasteiger partial charge in [0.1, 0.15) is 10.6 Å². The van der Waals surface area contributed by atoms with Gasteiger partial charge < -0.3 is 14.8 Å². The van der Waals surface area contributed by atoms with Gasteiger partial charge in [-0.25, -0.2) is 8.42 Å². The molecule has 8 heteroatoms. The van der Waals surface area contributed by atoms with E-state index in [1.165, 1.54) is 23.5 Å². The summed E-state index contributed by atoms with van der Waals surface area (Å²) in [5.74, 6) is -0.119. The van der Waals surface area contributed by atoms with Crippen LogP contribution in [-0.4, -0.2) is 52.0 Å². The number of ether oxygens (including phenoxy) is 2. The number of hydrogen-bond donors (Lipinski definition) is 1. The van der Waals surface area contributed by atoms with Gasteiger partial charge in [-0.1, -0.05) is 51.1 Å². The predicted octanol–water partition coefficient (Wildman–Crippen LogP) is 3.62. The highest BCUT2D eigenvalue weighted by Crippen LogP contribution is 2.31. The Bertz CT molecular complexity index is 1030. The molecule has 2 aromatic carbocycles. The molecule has 0 aliphatic carbocycles. The fraction of sp³-hybridized carbons (Fsp3) is 0.458. The molecular weight excluding hydrogens is 428 g/mol. The largest absolute Gasteiger partial charge is 0.495 e. The molecule has 0 aromatic heterocycles. The number of sulfonamides is 1. The zero-order chi connectivity index (χ0) is 23.4. The number of benzene rings is 2. The molecule has 2 aromatic rings. The van der Waals surface area contributed by atoms with Gasteiger partial charge in [0, 0.05) is 18.7 Å². The molecule has 174 valence electrons. The van der Waals surface area contributed by atoms with Gasteiger partial charge in [-0.15, -0.1) is 0 Å². The van der Waals surface area contributed by atoms with Crippen molar-refractivity contribution in [3.05, 3.63) is 59.7 Å². The minimum absolute atomic E-state index is 0.0124. The van der Waals surface area contributed by atoms with Crippen LogP contribution in [0, 0.1) is 5.41 Å². The first-order valence-electron chi connectivity index (χ1n) is 10.7. The average Bonchev–Trinajstić information content (AvgIpc) is 2.78. The highest BCUT2D eigenvalue weighted by Gasteiger charge is 2.30. The molecule has 0 saturated carbocycles. The van der Waals surface area contributed by atoms with Crippen LogP contribution in [0.25, 0.3) is 0 Å². The van der Waals surface area contributed by atoms with E-state index >= 15 is 0 Å². The number of carbonyl (C=O) groups excluding carboxylic acids is 1. The van der Waals surface area contributed by atoms with Crippen molar-refractivity contribution >= 4 is 15.9 Å². The lowest BCUT2D eigenvalue weighted by molar-refractivity contribution is 0.0729. The maximum atomic E-state index is 13.2. The summed E-state index contributed by atoms with van der Waals surface area (Å²) in [6.07, 6.45) is 0.734. The lowest BCUT2D eigenvalue weighted by atomic mass is 9.85. The van der Waals surface area contributed by atoms with E-state index in [0.29, 0.717) is 13.2 Å². The highest BCUT2D eigenvalue weighted by molar-refractivity contribution is 7.89. The second-order valence-corrected chi connectivity index (χ2v) is 11.0. The molecule has 1 saturated heterocycles. The van der Waals surface area contributed by atoms with Gasteiger partial charge in [0.2, 0.25) is 10.0 Å². The molecular formula is C24H32N2O5S. The van der Waals surface area contributed by atoms with Crippen molar-refractivity contribution in [1.29, 1.82) is 0 Å². The van der Waals surface area contributed by atoms with E-state index in [4.69, 9.17) is 9.47 Å². The fourth-order valence-corrected chi connectivity index (χ4v) is 5.33. The van der Waals surface area contributed by atoms with Crippen LogP contribution in [0.5, 0.6) is 5.75 Å². The molecule has 1 fully saturated rings. The average molecular weight is 461 g/mol. The quantitative estimate of drug-likeness (QED) is 0.682. The van der Waals surface area contributed by atoms with Crippen LogP contribution in [0.2, 0.25) is 0 Å². The second-order valence-electron chi connectivity index (χ2n) is 9.08. The first-order valence-corrected chi connectivity index (χ1v) is 12.2. The second kappa shape index (κ2) is 10.0. The number of hydrogen-bond acceptors (Lipinski definition) is 5. The number of morpholine rings is 1. The van der Waals surface area contributed by atoms with E-state index in [-0.39, 0.29) is 46.7 Å². The van der Waals surface area contributed by atoms with Gasteiger partial charge in [0.15, 0.2) is 0 Å². The SMILES string of the molecule is COc1ccc(C(=O)NC(CC(C)(C)C)c2ccccc2)cc1S(=O)(=O)N1CCOCC1. The third-order valence-corrected chi connectivity index (χ3v) is 7.26. The number of nitrogens with one attached hydrogen (secondary N) is 1. The zero-order valence-corrected chi connectivity index (χ0v) is 19.9. The molecule has 32 heavy (non-hydrogen) atoms. The number of nitrogens with zero attached hydrogens (tertiary/aromatic N) is 1. The van der Waals surface area contributed by atoms with Crippen LogP contribution in [-0.2, 0) is 14.8 Å².